The Morgan fingerprint density at radius 2 is 1.81 bits per heavy atom. The van der Waals surface area contributed by atoms with E-state index in [1.165, 1.54) is 19.1 Å². The van der Waals surface area contributed by atoms with E-state index in [9.17, 15) is 8.42 Å². The predicted molar refractivity (Wildman–Crippen MR) is 135 cm³/mol. The van der Waals surface area contributed by atoms with Crippen LogP contribution in [0.2, 0.25) is 0 Å². The number of furan rings is 1. The van der Waals surface area contributed by atoms with E-state index in [1.807, 2.05) is 43.3 Å². The van der Waals surface area contributed by atoms with Gasteiger partial charge in [-0.2, -0.15) is 0 Å². The summed E-state index contributed by atoms with van der Waals surface area (Å²) in [5, 5.41) is 6.75. The Kier molecular flexibility index (Phi) is 10.3. The Morgan fingerprint density at radius 3 is 2.39 bits per heavy atom. The molecule has 0 saturated carbocycles. The van der Waals surface area contributed by atoms with Gasteiger partial charge < -0.3 is 15.1 Å². The van der Waals surface area contributed by atoms with Crippen LogP contribution in [0.4, 0.5) is 0 Å². The zero-order valence-electron chi connectivity index (χ0n) is 18.2. The lowest BCUT2D eigenvalue weighted by molar-refractivity contribution is 0.215. The van der Waals surface area contributed by atoms with Gasteiger partial charge in [0.15, 0.2) is 15.8 Å². The second-order valence-corrected chi connectivity index (χ2v) is 9.88. The summed E-state index contributed by atoms with van der Waals surface area (Å²) >= 11 is 0. The molecule has 2 N–H and O–H groups in total. The minimum Gasteiger partial charge on any atom is -0.468 e. The standard InChI is InChI=1S/C22H32N4O3S.HI/c1-3-23-22(24-15-18-8-10-19(11-9-18)17-30(2,27)28)25-16-20(21-7-6-14-29-21)26-12-4-5-13-26;/h6-11,14,20H,3-5,12-13,15-17H2,1-2H3,(H2,23,24,25);1H. The molecule has 2 aromatic rings. The molecule has 2 heterocycles. The molecule has 172 valence electrons. The summed E-state index contributed by atoms with van der Waals surface area (Å²) < 4.78 is 28.6. The number of hydrogen-bond donors (Lipinski definition) is 2. The lowest BCUT2D eigenvalue weighted by Gasteiger charge is -2.26. The van der Waals surface area contributed by atoms with E-state index in [0.29, 0.717) is 13.1 Å². The van der Waals surface area contributed by atoms with E-state index < -0.39 is 9.84 Å². The fraction of sp³-hybridized carbons (Fsp3) is 0.500. The molecule has 0 aliphatic carbocycles. The summed E-state index contributed by atoms with van der Waals surface area (Å²) in [5.41, 5.74) is 1.83. The van der Waals surface area contributed by atoms with Crippen molar-refractivity contribution in [3.05, 3.63) is 59.5 Å². The first-order chi connectivity index (χ1) is 14.4. The average Bonchev–Trinajstić information content (AvgIpc) is 3.41. The lowest BCUT2D eigenvalue weighted by Crippen LogP contribution is -2.42. The third kappa shape index (κ3) is 8.46. The summed E-state index contributed by atoms with van der Waals surface area (Å²) in [6.45, 7) is 6.22. The maximum Gasteiger partial charge on any atom is 0.191 e. The van der Waals surface area contributed by atoms with Crippen LogP contribution in [0.5, 0.6) is 0 Å². The highest BCUT2D eigenvalue weighted by atomic mass is 127. The molecule has 1 atom stereocenters. The summed E-state index contributed by atoms with van der Waals surface area (Å²) in [7, 11) is -3.02. The largest absolute Gasteiger partial charge is 0.468 e. The number of halogens is 1. The van der Waals surface area contributed by atoms with Crippen LogP contribution in [0.1, 0.15) is 42.7 Å². The van der Waals surface area contributed by atoms with Crippen LogP contribution in [0.15, 0.2) is 52.1 Å². The summed E-state index contributed by atoms with van der Waals surface area (Å²) in [4.78, 5) is 7.15. The predicted octanol–water partition coefficient (Wildman–Crippen LogP) is 3.33. The molecule has 9 heteroatoms. The Labute approximate surface area is 202 Å². The zero-order chi connectivity index (χ0) is 21.4. The summed E-state index contributed by atoms with van der Waals surface area (Å²) in [6, 6.07) is 11.7. The molecule has 1 aliphatic heterocycles. The lowest BCUT2D eigenvalue weighted by atomic mass is 10.1. The minimum atomic E-state index is -3.02. The highest BCUT2D eigenvalue weighted by Crippen LogP contribution is 2.24. The molecular formula is C22H33IN4O3S. The Bertz CT molecular complexity index is 909. The van der Waals surface area contributed by atoms with Crippen LogP contribution in [-0.4, -0.2) is 51.7 Å². The SMILES string of the molecule is CCNC(=NCc1ccc(CS(C)(=O)=O)cc1)NCC(c1ccco1)N1CCCC1.I. The number of guanidine groups is 1. The van der Waals surface area contributed by atoms with E-state index >= 15 is 0 Å². The van der Waals surface area contributed by atoms with Crippen molar-refractivity contribution in [2.75, 3.05) is 32.4 Å². The monoisotopic (exact) mass is 560 g/mol. The van der Waals surface area contributed by atoms with Gasteiger partial charge in [-0.25, -0.2) is 13.4 Å². The van der Waals surface area contributed by atoms with Gasteiger partial charge in [0.1, 0.15) is 5.76 Å². The van der Waals surface area contributed by atoms with Crippen molar-refractivity contribution in [3.8, 4) is 0 Å². The molecule has 0 amide bonds. The normalized spacial score (nSPS) is 16.0. The first kappa shape index (κ1) is 25.7. The van der Waals surface area contributed by atoms with Crippen molar-refractivity contribution < 1.29 is 12.8 Å². The van der Waals surface area contributed by atoms with Gasteiger partial charge in [0.2, 0.25) is 0 Å². The molecule has 0 spiro atoms. The number of hydrogen-bond acceptors (Lipinski definition) is 5. The Balaban J connectivity index is 0.00000341. The van der Waals surface area contributed by atoms with Crippen LogP contribution in [0.25, 0.3) is 0 Å². The second-order valence-electron chi connectivity index (χ2n) is 7.74. The molecular weight excluding hydrogens is 527 g/mol. The first-order valence-corrected chi connectivity index (χ1v) is 12.6. The van der Waals surface area contributed by atoms with Gasteiger partial charge in [0, 0.05) is 19.3 Å². The number of likely N-dealkylation sites (tertiary alicyclic amines) is 1. The zero-order valence-corrected chi connectivity index (χ0v) is 21.4. The maximum absolute atomic E-state index is 11.4. The first-order valence-electron chi connectivity index (χ1n) is 10.5. The smallest absolute Gasteiger partial charge is 0.191 e. The molecule has 1 fully saturated rings. The van der Waals surface area contributed by atoms with E-state index in [4.69, 9.17) is 9.41 Å². The number of benzene rings is 1. The quantitative estimate of drug-likeness (QED) is 0.278. The fourth-order valence-electron chi connectivity index (χ4n) is 3.69. The fourth-order valence-corrected chi connectivity index (χ4v) is 4.49. The van der Waals surface area contributed by atoms with Gasteiger partial charge in [-0.05, 0) is 56.1 Å². The van der Waals surface area contributed by atoms with E-state index in [1.54, 1.807) is 6.26 Å². The number of nitrogens with one attached hydrogen (secondary N) is 2. The van der Waals surface area contributed by atoms with Crippen molar-refractivity contribution in [2.24, 2.45) is 4.99 Å². The Hall–Kier alpha value is -1.59. The highest BCUT2D eigenvalue weighted by molar-refractivity contribution is 14.0. The van der Waals surface area contributed by atoms with Crippen LogP contribution in [0.3, 0.4) is 0 Å². The Morgan fingerprint density at radius 1 is 1.13 bits per heavy atom. The minimum absolute atomic E-state index is 0. The molecule has 1 unspecified atom stereocenters. The average molecular weight is 561 g/mol. The van der Waals surface area contributed by atoms with E-state index in [0.717, 1.165) is 42.5 Å². The molecule has 1 aromatic heterocycles. The van der Waals surface area contributed by atoms with Crippen molar-refractivity contribution >= 4 is 39.8 Å². The second kappa shape index (κ2) is 12.4. The molecule has 3 rings (SSSR count). The third-order valence-corrected chi connectivity index (χ3v) is 5.99. The van der Waals surface area contributed by atoms with Crippen molar-refractivity contribution in [2.45, 2.75) is 38.1 Å². The van der Waals surface area contributed by atoms with Crippen LogP contribution < -0.4 is 10.6 Å². The van der Waals surface area contributed by atoms with Gasteiger partial charge in [0.05, 0.1) is 24.6 Å². The van der Waals surface area contributed by atoms with Crippen molar-refractivity contribution in [1.82, 2.24) is 15.5 Å². The summed E-state index contributed by atoms with van der Waals surface area (Å²) in [6.07, 6.45) is 5.42. The number of nitrogens with zero attached hydrogens (tertiary/aromatic N) is 2. The third-order valence-electron chi connectivity index (χ3n) is 5.13. The summed E-state index contributed by atoms with van der Waals surface area (Å²) in [5.74, 6) is 1.79. The molecule has 1 saturated heterocycles. The molecule has 31 heavy (non-hydrogen) atoms. The van der Waals surface area contributed by atoms with Crippen LogP contribution in [-0.2, 0) is 22.1 Å². The molecule has 0 bridgehead atoms. The number of aliphatic imine (C=N–C) groups is 1. The van der Waals surface area contributed by atoms with E-state index in [2.05, 4.69) is 15.5 Å². The van der Waals surface area contributed by atoms with Gasteiger partial charge in [-0.3, -0.25) is 4.90 Å². The van der Waals surface area contributed by atoms with E-state index in [-0.39, 0.29) is 35.8 Å². The maximum atomic E-state index is 11.4. The molecule has 1 aromatic carbocycles. The van der Waals surface area contributed by atoms with Gasteiger partial charge in [-0.15, -0.1) is 24.0 Å². The topological polar surface area (TPSA) is 86.9 Å². The van der Waals surface area contributed by atoms with Crippen molar-refractivity contribution in [1.29, 1.82) is 0 Å². The van der Waals surface area contributed by atoms with Gasteiger partial charge in [-0.1, -0.05) is 24.3 Å². The van der Waals surface area contributed by atoms with Crippen LogP contribution in [0, 0.1) is 0 Å². The molecule has 0 radical (unpaired) electrons. The van der Waals surface area contributed by atoms with Gasteiger partial charge in [0.25, 0.3) is 0 Å². The number of rotatable bonds is 9. The van der Waals surface area contributed by atoms with Gasteiger partial charge >= 0.3 is 0 Å². The number of sulfone groups is 1. The van der Waals surface area contributed by atoms with Crippen molar-refractivity contribution in [3.63, 3.8) is 0 Å². The molecule has 1 aliphatic rings. The van der Waals surface area contributed by atoms with Crippen LogP contribution >= 0.6 is 24.0 Å². The molecule has 7 nitrogen and oxygen atoms in total. The highest BCUT2D eigenvalue weighted by Gasteiger charge is 2.25.